The lowest BCUT2D eigenvalue weighted by atomic mass is 10.1. The molecule has 0 bridgehead atoms. The second-order valence-corrected chi connectivity index (χ2v) is 6.76. The summed E-state index contributed by atoms with van der Waals surface area (Å²) in [7, 11) is 0. The molecule has 0 aliphatic rings. The average molecular weight is 424 g/mol. The minimum absolute atomic E-state index is 0.286. The van der Waals surface area contributed by atoms with Crippen LogP contribution >= 0.6 is 11.6 Å². The molecule has 2 N–H and O–H groups in total. The first-order valence-electron chi connectivity index (χ1n) is 9.20. The van der Waals surface area contributed by atoms with E-state index in [9.17, 15) is 4.79 Å². The fraction of sp³-hybridized carbons (Fsp3) is 0.150. The van der Waals surface area contributed by atoms with Gasteiger partial charge in [0, 0.05) is 31.0 Å². The highest BCUT2D eigenvalue weighted by Gasteiger charge is 2.22. The molecule has 3 aromatic heterocycles. The Balaban J connectivity index is 1.35. The standard InChI is InChI=1S/C20H18ClN7O2/c1-13-18(19(27-30-13)14-5-2-3-6-15(14)21)20(29)23-11-10-22-16-7-8-17(26-25-16)28-12-4-9-24-28/h2-9,12H,10-11H2,1H3,(H,22,25)(H,23,29). The van der Waals surface area contributed by atoms with E-state index in [1.54, 1.807) is 48.3 Å². The van der Waals surface area contributed by atoms with Crippen LogP contribution in [-0.2, 0) is 0 Å². The predicted octanol–water partition coefficient (Wildman–Crippen LogP) is 3.12. The summed E-state index contributed by atoms with van der Waals surface area (Å²) in [6.45, 7) is 2.53. The van der Waals surface area contributed by atoms with Gasteiger partial charge < -0.3 is 15.2 Å². The van der Waals surface area contributed by atoms with Crippen molar-refractivity contribution in [2.24, 2.45) is 0 Å². The van der Waals surface area contributed by atoms with Crippen molar-refractivity contribution in [3.8, 4) is 17.1 Å². The van der Waals surface area contributed by atoms with Crippen LogP contribution in [0.3, 0.4) is 0 Å². The third kappa shape index (κ3) is 4.15. The fourth-order valence-electron chi connectivity index (χ4n) is 2.88. The molecule has 0 saturated heterocycles. The molecule has 152 valence electrons. The number of hydrogen-bond acceptors (Lipinski definition) is 7. The molecule has 0 atom stereocenters. The van der Waals surface area contributed by atoms with E-state index < -0.39 is 0 Å². The highest BCUT2D eigenvalue weighted by Crippen LogP contribution is 2.30. The Morgan fingerprint density at radius 3 is 2.73 bits per heavy atom. The van der Waals surface area contributed by atoms with Crippen molar-refractivity contribution < 1.29 is 9.32 Å². The zero-order valence-corrected chi connectivity index (χ0v) is 16.8. The number of carbonyl (C=O) groups is 1. The molecule has 30 heavy (non-hydrogen) atoms. The average Bonchev–Trinajstić information content (AvgIpc) is 3.42. The van der Waals surface area contributed by atoms with Crippen molar-refractivity contribution in [3.63, 3.8) is 0 Å². The smallest absolute Gasteiger partial charge is 0.257 e. The Morgan fingerprint density at radius 1 is 1.13 bits per heavy atom. The zero-order valence-electron chi connectivity index (χ0n) is 16.0. The SMILES string of the molecule is Cc1onc(-c2ccccc2Cl)c1C(=O)NCCNc1ccc(-n2cccn2)nn1. The number of aryl methyl sites for hydroxylation is 1. The van der Waals surface area contributed by atoms with Crippen LogP contribution in [0.1, 0.15) is 16.1 Å². The van der Waals surface area contributed by atoms with E-state index in [0.717, 1.165) is 0 Å². The number of nitrogens with zero attached hydrogens (tertiary/aromatic N) is 5. The quantitative estimate of drug-likeness (QED) is 0.439. The van der Waals surface area contributed by atoms with Crippen LogP contribution in [0.5, 0.6) is 0 Å². The Kier molecular flexibility index (Phi) is 5.71. The Hall–Kier alpha value is -3.72. The van der Waals surface area contributed by atoms with Crippen molar-refractivity contribution in [1.82, 2.24) is 30.5 Å². The summed E-state index contributed by atoms with van der Waals surface area (Å²) in [5, 5.41) is 22.8. The second kappa shape index (κ2) is 8.75. The van der Waals surface area contributed by atoms with Crippen LogP contribution in [0.25, 0.3) is 17.1 Å². The lowest BCUT2D eigenvalue weighted by molar-refractivity contribution is 0.0954. The molecule has 1 amide bonds. The number of amides is 1. The molecule has 0 radical (unpaired) electrons. The maximum absolute atomic E-state index is 12.7. The lowest BCUT2D eigenvalue weighted by Crippen LogP contribution is -2.29. The first-order valence-corrected chi connectivity index (χ1v) is 9.58. The fourth-order valence-corrected chi connectivity index (χ4v) is 3.10. The van der Waals surface area contributed by atoms with Gasteiger partial charge in [0.25, 0.3) is 5.91 Å². The van der Waals surface area contributed by atoms with E-state index >= 15 is 0 Å². The number of benzene rings is 1. The third-order valence-corrected chi connectivity index (χ3v) is 4.65. The van der Waals surface area contributed by atoms with Gasteiger partial charge in [-0.1, -0.05) is 35.0 Å². The molecule has 3 heterocycles. The van der Waals surface area contributed by atoms with E-state index in [1.807, 2.05) is 18.2 Å². The van der Waals surface area contributed by atoms with E-state index in [1.165, 1.54) is 0 Å². The van der Waals surface area contributed by atoms with Gasteiger partial charge in [0.1, 0.15) is 22.8 Å². The lowest BCUT2D eigenvalue weighted by Gasteiger charge is -2.08. The zero-order chi connectivity index (χ0) is 20.9. The number of carbonyl (C=O) groups excluding carboxylic acids is 1. The van der Waals surface area contributed by atoms with Crippen LogP contribution in [0.4, 0.5) is 5.82 Å². The van der Waals surface area contributed by atoms with Gasteiger partial charge in [-0.3, -0.25) is 4.79 Å². The molecule has 4 rings (SSSR count). The van der Waals surface area contributed by atoms with Crippen molar-refractivity contribution in [2.75, 3.05) is 18.4 Å². The molecule has 1 aromatic carbocycles. The van der Waals surface area contributed by atoms with Gasteiger partial charge in [0.05, 0.1) is 5.02 Å². The number of halogens is 1. The predicted molar refractivity (Wildman–Crippen MR) is 112 cm³/mol. The number of hydrogen-bond donors (Lipinski definition) is 2. The van der Waals surface area contributed by atoms with Gasteiger partial charge in [-0.25, -0.2) is 4.68 Å². The Morgan fingerprint density at radius 2 is 2.00 bits per heavy atom. The monoisotopic (exact) mass is 423 g/mol. The van der Waals surface area contributed by atoms with Crippen molar-refractivity contribution in [2.45, 2.75) is 6.92 Å². The molecule has 0 spiro atoms. The van der Waals surface area contributed by atoms with E-state index in [-0.39, 0.29) is 5.91 Å². The van der Waals surface area contributed by atoms with Crippen LogP contribution in [0, 0.1) is 6.92 Å². The molecule has 4 aromatic rings. The first-order chi connectivity index (χ1) is 14.6. The molecular formula is C20H18ClN7O2. The Bertz CT molecular complexity index is 1140. The molecule has 0 unspecified atom stereocenters. The highest BCUT2D eigenvalue weighted by molar-refractivity contribution is 6.33. The molecular weight excluding hydrogens is 406 g/mol. The summed E-state index contributed by atoms with van der Waals surface area (Å²) in [6.07, 6.45) is 3.46. The number of rotatable bonds is 7. The van der Waals surface area contributed by atoms with Gasteiger partial charge in [0.15, 0.2) is 5.82 Å². The maximum atomic E-state index is 12.7. The van der Waals surface area contributed by atoms with E-state index in [0.29, 0.717) is 52.3 Å². The van der Waals surface area contributed by atoms with Gasteiger partial charge >= 0.3 is 0 Å². The van der Waals surface area contributed by atoms with E-state index in [2.05, 4.69) is 31.1 Å². The van der Waals surface area contributed by atoms with Crippen molar-refractivity contribution in [1.29, 1.82) is 0 Å². The highest BCUT2D eigenvalue weighted by atomic mass is 35.5. The first kappa shape index (κ1) is 19.6. The summed E-state index contributed by atoms with van der Waals surface area (Å²) in [4.78, 5) is 12.7. The van der Waals surface area contributed by atoms with Crippen molar-refractivity contribution in [3.05, 3.63) is 71.2 Å². The Labute approximate surface area is 177 Å². The summed E-state index contributed by atoms with van der Waals surface area (Å²) in [6, 6.07) is 12.6. The number of nitrogens with one attached hydrogen (secondary N) is 2. The van der Waals surface area contributed by atoms with Crippen LogP contribution < -0.4 is 10.6 Å². The normalized spacial score (nSPS) is 10.7. The van der Waals surface area contributed by atoms with Gasteiger partial charge in [-0.2, -0.15) is 5.10 Å². The van der Waals surface area contributed by atoms with Crippen molar-refractivity contribution >= 4 is 23.3 Å². The molecule has 0 saturated carbocycles. The van der Waals surface area contributed by atoms with Crippen LogP contribution in [-0.4, -0.2) is 44.1 Å². The van der Waals surface area contributed by atoms with E-state index in [4.69, 9.17) is 16.1 Å². The summed E-state index contributed by atoms with van der Waals surface area (Å²) in [5.41, 5.74) is 1.43. The van der Waals surface area contributed by atoms with Crippen LogP contribution in [0.15, 0.2) is 59.4 Å². The molecule has 10 heteroatoms. The minimum Gasteiger partial charge on any atom is -0.367 e. The second-order valence-electron chi connectivity index (χ2n) is 6.35. The van der Waals surface area contributed by atoms with Gasteiger partial charge in [0.2, 0.25) is 0 Å². The number of aromatic nitrogens is 5. The molecule has 0 aliphatic heterocycles. The van der Waals surface area contributed by atoms with Gasteiger partial charge in [-0.05, 0) is 31.2 Å². The third-order valence-electron chi connectivity index (χ3n) is 4.33. The topological polar surface area (TPSA) is 111 Å². The number of anilines is 1. The van der Waals surface area contributed by atoms with Crippen LogP contribution in [0.2, 0.25) is 5.02 Å². The maximum Gasteiger partial charge on any atom is 0.257 e. The summed E-state index contributed by atoms with van der Waals surface area (Å²) >= 11 is 6.24. The largest absolute Gasteiger partial charge is 0.367 e. The van der Waals surface area contributed by atoms with Gasteiger partial charge in [-0.15, -0.1) is 10.2 Å². The summed E-state index contributed by atoms with van der Waals surface area (Å²) in [5.74, 6) is 1.35. The minimum atomic E-state index is -0.286. The molecule has 0 fully saturated rings. The summed E-state index contributed by atoms with van der Waals surface area (Å²) < 4.78 is 6.85. The molecule has 0 aliphatic carbocycles. The molecule has 9 nitrogen and oxygen atoms in total.